The summed E-state index contributed by atoms with van der Waals surface area (Å²) in [6.45, 7) is 7.92. The zero-order chi connectivity index (χ0) is 22.9. The maximum absolute atomic E-state index is 12.9. The van der Waals surface area contributed by atoms with Gasteiger partial charge in [-0.1, -0.05) is 6.92 Å². The fourth-order valence-electron chi connectivity index (χ4n) is 2.84. The van der Waals surface area contributed by atoms with Gasteiger partial charge in [-0.15, -0.1) is 0 Å². The van der Waals surface area contributed by atoms with Crippen molar-refractivity contribution in [2.75, 3.05) is 13.1 Å². The molecule has 1 heterocycles. The molecule has 1 rings (SSSR count). The number of alkyl halides is 3. The number of amides is 1. The van der Waals surface area contributed by atoms with Crippen LogP contribution < -0.4 is 5.32 Å². The number of nitrogens with one attached hydrogen (secondary N) is 1. The molecule has 0 saturated carbocycles. The molecule has 30 heavy (non-hydrogen) atoms. The van der Waals surface area contributed by atoms with Crippen LogP contribution in [0, 0.1) is 0 Å². The minimum absolute atomic E-state index is 0.0529. The first-order valence-electron chi connectivity index (χ1n) is 9.39. The number of aldehydes is 1. The molecule has 0 aromatic carbocycles. The Morgan fingerprint density at radius 3 is 2.60 bits per heavy atom. The van der Waals surface area contributed by atoms with Crippen molar-refractivity contribution >= 4 is 24.7 Å². The molecule has 6 nitrogen and oxygen atoms in total. The maximum atomic E-state index is 12.9. The van der Waals surface area contributed by atoms with Gasteiger partial charge in [0.25, 0.3) is 5.91 Å². The second-order valence-electron chi connectivity index (χ2n) is 6.75. The van der Waals surface area contributed by atoms with Crippen LogP contribution in [0.25, 0.3) is 0 Å². The Bertz CT molecular complexity index is 808. The van der Waals surface area contributed by atoms with Crippen LogP contribution in [0.5, 0.6) is 0 Å². The average Bonchev–Trinajstić information content (AvgIpc) is 3.02. The van der Waals surface area contributed by atoms with Gasteiger partial charge < -0.3 is 10.2 Å². The van der Waals surface area contributed by atoms with Gasteiger partial charge in [0.05, 0.1) is 19.0 Å². The second kappa shape index (κ2) is 11.3. The third kappa shape index (κ3) is 7.13. The number of hydrogen-bond donors (Lipinski definition) is 1. The van der Waals surface area contributed by atoms with Crippen LogP contribution in [0.3, 0.4) is 0 Å². The van der Waals surface area contributed by atoms with E-state index in [1.165, 1.54) is 29.5 Å². The lowest BCUT2D eigenvalue weighted by atomic mass is 10.0. The Kier molecular flexibility index (Phi) is 9.42. The number of carbonyl (C=O) groups excluding carboxylic acids is 3. The van der Waals surface area contributed by atoms with Gasteiger partial charge in [0, 0.05) is 36.5 Å². The van der Waals surface area contributed by atoms with Crippen molar-refractivity contribution in [2.45, 2.75) is 45.8 Å². The number of aliphatic imine (C=N–C) groups is 1. The van der Waals surface area contributed by atoms with Crippen LogP contribution in [-0.4, -0.2) is 54.9 Å². The monoisotopic (exact) mass is 425 g/mol. The summed E-state index contributed by atoms with van der Waals surface area (Å²) in [6, 6.07) is -0.604. The number of hydrogen-bond acceptors (Lipinski definition) is 5. The molecule has 0 aromatic rings. The Morgan fingerprint density at radius 1 is 1.40 bits per heavy atom. The summed E-state index contributed by atoms with van der Waals surface area (Å²) in [4.78, 5) is 41.2. The van der Waals surface area contributed by atoms with E-state index in [1.807, 2.05) is 0 Å². The molecular weight excluding hydrogens is 399 g/mol. The highest BCUT2D eigenvalue weighted by Crippen LogP contribution is 2.27. The van der Waals surface area contributed by atoms with E-state index in [0.29, 0.717) is 23.0 Å². The minimum atomic E-state index is -4.30. The number of carbonyl (C=O) groups is 3. The standard InChI is InChI=1S/C21H26F3N3O3/c1-5-19(29)18-12-27(20(30)17(18)6-8-25-4)15(3)16(10-14(2)13-28)11-26-9-7-21(22,23)24/h6,8,10-11,13,15,26H,4-5,7,9,12H2,1-3H3/b8-6-,14-10?,16-11?. The highest BCUT2D eigenvalue weighted by atomic mass is 19.4. The van der Waals surface area contributed by atoms with Gasteiger partial charge in [-0.2, -0.15) is 13.2 Å². The van der Waals surface area contributed by atoms with Gasteiger partial charge in [0.2, 0.25) is 0 Å². The molecule has 0 fully saturated rings. The van der Waals surface area contributed by atoms with E-state index < -0.39 is 24.5 Å². The molecule has 1 N–H and O–H groups in total. The molecule has 0 bridgehead atoms. The topological polar surface area (TPSA) is 78.8 Å². The molecule has 0 aliphatic carbocycles. The van der Waals surface area contributed by atoms with Crippen LogP contribution >= 0.6 is 0 Å². The van der Waals surface area contributed by atoms with E-state index in [0.717, 1.165) is 0 Å². The molecule has 0 spiro atoms. The first-order chi connectivity index (χ1) is 14.1. The van der Waals surface area contributed by atoms with Gasteiger partial charge >= 0.3 is 6.18 Å². The number of Topliss-reactive ketones (excluding diaryl/α,β-unsaturated/α-hetero) is 1. The summed E-state index contributed by atoms with van der Waals surface area (Å²) in [6.07, 6.45) is 1.09. The van der Waals surface area contributed by atoms with Crippen LogP contribution in [0.15, 0.2) is 51.8 Å². The van der Waals surface area contributed by atoms with E-state index >= 15 is 0 Å². The molecule has 0 saturated heterocycles. The fraction of sp³-hybridized carbons (Fsp3) is 0.429. The zero-order valence-electron chi connectivity index (χ0n) is 17.3. The molecule has 164 valence electrons. The number of ketones is 1. The Hall–Kier alpha value is -2.97. The van der Waals surface area contributed by atoms with Gasteiger partial charge in [-0.05, 0) is 43.9 Å². The second-order valence-corrected chi connectivity index (χ2v) is 6.75. The van der Waals surface area contributed by atoms with Crippen molar-refractivity contribution < 1.29 is 27.6 Å². The molecule has 1 aliphatic rings. The third-order valence-corrected chi connectivity index (χ3v) is 4.50. The quantitative estimate of drug-likeness (QED) is 0.181. The van der Waals surface area contributed by atoms with Crippen molar-refractivity contribution in [3.05, 3.63) is 46.8 Å². The average molecular weight is 425 g/mol. The van der Waals surface area contributed by atoms with E-state index in [4.69, 9.17) is 0 Å². The summed E-state index contributed by atoms with van der Waals surface area (Å²) in [5.74, 6) is -0.590. The number of nitrogens with zero attached hydrogens (tertiary/aromatic N) is 2. The predicted molar refractivity (Wildman–Crippen MR) is 109 cm³/mol. The summed E-state index contributed by atoms with van der Waals surface area (Å²) in [5.41, 5.74) is 1.33. The minimum Gasteiger partial charge on any atom is -0.390 e. The molecule has 1 atom stereocenters. The SMILES string of the molecule is C=N/C=C\C1=C(C(=O)CC)CN(C(C)C(C=C(C)C=O)=CNCCC(F)(F)F)C1=O. The Morgan fingerprint density at radius 2 is 2.07 bits per heavy atom. The number of halogens is 3. The van der Waals surface area contributed by atoms with Gasteiger partial charge in [0.1, 0.15) is 6.29 Å². The highest BCUT2D eigenvalue weighted by molar-refractivity contribution is 6.11. The maximum Gasteiger partial charge on any atom is 0.390 e. The van der Waals surface area contributed by atoms with Crippen LogP contribution in [-0.2, 0) is 14.4 Å². The third-order valence-electron chi connectivity index (χ3n) is 4.50. The van der Waals surface area contributed by atoms with Gasteiger partial charge in [-0.25, -0.2) is 0 Å². The molecule has 1 unspecified atom stereocenters. The van der Waals surface area contributed by atoms with Crippen molar-refractivity contribution in [1.82, 2.24) is 10.2 Å². The predicted octanol–water partition coefficient (Wildman–Crippen LogP) is 3.28. The van der Waals surface area contributed by atoms with E-state index in [2.05, 4.69) is 17.0 Å². The summed E-state index contributed by atoms with van der Waals surface area (Å²) < 4.78 is 37.1. The molecule has 0 radical (unpaired) electrons. The molecule has 1 amide bonds. The van der Waals surface area contributed by atoms with Crippen LogP contribution in [0.2, 0.25) is 0 Å². The molecule has 0 aromatic heterocycles. The Labute approximate surface area is 173 Å². The lowest BCUT2D eigenvalue weighted by molar-refractivity contribution is -0.133. The van der Waals surface area contributed by atoms with Crippen molar-refractivity contribution in [1.29, 1.82) is 0 Å². The normalized spacial score (nSPS) is 17.0. The fourth-order valence-corrected chi connectivity index (χ4v) is 2.84. The molecule has 9 heteroatoms. The van der Waals surface area contributed by atoms with E-state index in [9.17, 15) is 27.6 Å². The smallest absolute Gasteiger partial charge is 0.390 e. The lowest BCUT2D eigenvalue weighted by Crippen LogP contribution is -2.37. The van der Waals surface area contributed by atoms with Crippen LogP contribution in [0.4, 0.5) is 13.2 Å². The summed E-state index contributed by atoms with van der Waals surface area (Å²) in [5, 5.41) is 2.58. The largest absolute Gasteiger partial charge is 0.390 e. The van der Waals surface area contributed by atoms with Crippen molar-refractivity contribution in [2.24, 2.45) is 4.99 Å². The number of rotatable bonds is 11. The number of allylic oxidation sites excluding steroid dienone is 1. The first-order valence-corrected chi connectivity index (χ1v) is 9.39. The van der Waals surface area contributed by atoms with E-state index in [1.54, 1.807) is 20.8 Å². The first kappa shape index (κ1) is 25.1. The van der Waals surface area contributed by atoms with Gasteiger partial charge in [0.15, 0.2) is 5.78 Å². The molecule has 1 aliphatic heterocycles. The Balaban J connectivity index is 3.17. The van der Waals surface area contributed by atoms with Crippen molar-refractivity contribution in [3.8, 4) is 0 Å². The molecular formula is C21H26F3N3O3. The van der Waals surface area contributed by atoms with Crippen molar-refractivity contribution in [3.63, 3.8) is 0 Å². The highest BCUT2D eigenvalue weighted by Gasteiger charge is 2.35. The summed E-state index contributed by atoms with van der Waals surface area (Å²) >= 11 is 0. The van der Waals surface area contributed by atoms with Gasteiger partial charge in [-0.3, -0.25) is 19.4 Å². The zero-order valence-corrected chi connectivity index (χ0v) is 17.3. The van der Waals surface area contributed by atoms with E-state index in [-0.39, 0.29) is 30.9 Å². The lowest BCUT2D eigenvalue weighted by Gasteiger charge is -2.26. The van der Waals surface area contributed by atoms with Crippen LogP contribution in [0.1, 0.15) is 33.6 Å². The summed E-state index contributed by atoms with van der Waals surface area (Å²) in [7, 11) is 0.